The molecule has 0 aromatic heterocycles. The molecule has 10 aromatic carbocycles. The highest BCUT2D eigenvalue weighted by molar-refractivity contribution is 5.96. The third kappa shape index (κ3) is 6.74. The average Bonchev–Trinajstić information content (AvgIpc) is 3.82. The van der Waals surface area contributed by atoms with Crippen LogP contribution in [0.15, 0.2) is 249 Å². The molecular formula is C67H52. The maximum Gasteiger partial charge on any atom is 0.0714 e. The smallest absolute Gasteiger partial charge is 0.0622 e. The molecular weight excluding hydrogens is 805 g/mol. The van der Waals surface area contributed by atoms with Gasteiger partial charge in [0.05, 0.1) is 5.41 Å². The quantitative estimate of drug-likeness (QED) is 0.129. The highest BCUT2D eigenvalue weighted by atomic mass is 14.5. The van der Waals surface area contributed by atoms with Crippen molar-refractivity contribution in [3.8, 4) is 55.6 Å². The van der Waals surface area contributed by atoms with Crippen LogP contribution in [0.1, 0.15) is 76.3 Å². The maximum atomic E-state index is 2.59. The lowest BCUT2D eigenvalue weighted by Crippen LogP contribution is -2.28. The molecule has 0 aliphatic heterocycles. The Hall–Kier alpha value is -7.80. The summed E-state index contributed by atoms with van der Waals surface area (Å²) in [4.78, 5) is 0. The third-order valence-electron chi connectivity index (χ3n) is 15.0. The van der Waals surface area contributed by atoms with E-state index in [0.717, 1.165) is 12.8 Å². The lowest BCUT2D eigenvalue weighted by Gasteiger charge is -2.34. The van der Waals surface area contributed by atoms with Crippen molar-refractivity contribution in [2.45, 2.75) is 43.4 Å². The second kappa shape index (κ2) is 16.6. The molecule has 0 saturated heterocycles. The summed E-state index contributed by atoms with van der Waals surface area (Å²) in [7, 11) is 0. The number of aryl methyl sites for hydroxylation is 1. The number of rotatable bonds is 10. The summed E-state index contributed by atoms with van der Waals surface area (Å²) in [6.07, 6.45) is 1.84. The lowest BCUT2D eigenvalue weighted by molar-refractivity contribution is 0.654. The normalized spacial score (nSPS) is 15.6. The number of hydrogen-bond donors (Lipinski definition) is 0. The summed E-state index contributed by atoms with van der Waals surface area (Å²) in [6.45, 7) is 4.80. The molecule has 0 heterocycles. The Morgan fingerprint density at radius 3 is 1.60 bits per heavy atom. The minimum atomic E-state index is -0.558. The summed E-state index contributed by atoms with van der Waals surface area (Å²) in [5, 5.41) is 0. The molecule has 0 amide bonds. The van der Waals surface area contributed by atoms with E-state index in [9.17, 15) is 0 Å². The van der Waals surface area contributed by atoms with E-state index >= 15 is 0 Å². The molecule has 2 aliphatic carbocycles. The van der Waals surface area contributed by atoms with E-state index in [1.165, 1.54) is 106 Å². The molecule has 0 spiro atoms. The zero-order chi connectivity index (χ0) is 45.0. The van der Waals surface area contributed by atoms with Gasteiger partial charge in [-0.05, 0) is 125 Å². The minimum absolute atomic E-state index is 0.0937. The van der Waals surface area contributed by atoms with Gasteiger partial charge in [0, 0.05) is 11.3 Å². The van der Waals surface area contributed by atoms with Crippen LogP contribution in [0.3, 0.4) is 0 Å². The Morgan fingerprint density at radius 2 is 0.881 bits per heavy atom. The highest BCUT2D eigenvalue weighted by Crippen LogP contribution is 2.59. The van der Waals surface area contributed by atoms with Gasteiger partial charge < -0.3 is 0 Å². The Bertz CT molecular complexity index is 3420. The first-order valence-electron chi connectivity index (χ1n) is 23.9. The summed E-state index contributed by atoms with van der Waals surface area (Å²) in [5.74, 6) is 0.147. The van der Waals surface area contributed by atoms with Gasteiger partial charge in [0.1, 0.15) is 0 Å². The van der Waals surface area contributed by atoms with Crippen molar-refractivity contribution in [2.75, 3.05) is 0 Å². The predicted octanol–water partition coefficient (Wildman–Crippen LogP) is 17.1. The largest absolute Gasteiger partial charge is 0.0714 e. The van der Waals surface area contributed by atoms with Crippen LogP contribution in [0.4, 0.5) is 0 Å². The second-order valence-electron chi connectivity index (χ2n) is 19.1. The van der Waals surface area contributed by atoms with Crippen molar-refractivity contribution >= 4 is 0 Å². The average molecular weight is 857 g/mol. The Labute approximate surface area is 395 Å². The van der Waals surface area contributed by atoms with Crippen LogP contribution in [0.2, 0.25) is 0 Å². The van der Waals surface area contributed by atoms with Crippen molar-refractivity contribution in [2.24, 2.45) is 0 Å². The second-order valence-corrected chi connectivity index (χ2v) is 19.1. The predicted molar refractivity (Wildman–Crippen MR) is 281 cm³/mol. The molecule has 0 saturated carbocycles. The van der Waals surface area contributed by atoms with Crippen LogP contribution in [0.5, 0.6) is 0 Å². The molecule has 2 aliphatic rings. The monoisotopic (exact) mass is 856 g/mol. The first-order chi connectivity index (χ1) is 33.0. The van der Waals surface area contributed by atoms with E-state index in [2.05, 4.69) is 263 Å². The molecule has 67 heavy (non-hydrogen) atoms. The minimum Gasteiger partial charge on any atom is -0.0622 e. The highest BCUT2D eigenvalue weighted by Gasteiger charge is 2.47. The summed E-state index contributed by atoms with van der Waals surface area (Å²) < 4.78 is 0. The van der Waals surface area contributed by atoms with Crippen LogP contribution in [0, 0.1) is 0 Å². The van der Waals surface area contributed by atoms with Crippen molar-refractivity contribution in [3.63, 3.8) is 0 Å². The fourth-order valence-corrected chi connectivity index (χ4v) is 11.9. The summed E-state index contributed by atoms with van der Waals surface area (Å²) >= 11 is 0. The van der Waals surface area contributed by atoms with Crippen LogP contribution in [0.25, 0.3) is 55.6 Å². The lowest BCUT2D eigenvalue weighted by atomic mass is 9.67. The molecule has 0 radical (unpaired) electrons. The van der Waals surface area contributed by atoms with Crippen LogP contribution in [-0.4, -0.2) is 0 Å². The Balaban J connectivity index is 1.07. The van der Waals surface area contributed by atoms with Crippen LogP contribution >= 0.6 is 0 Å². The molecule has 0 nitrogen and oxygen atoms in total. The first-order valence-corrected chi connectivity index (χ1v) is 23.9. The fraction of sp³-hybridized carbons (Fsp3) is 0.104. The van der Waals surface area contributed by atoms with Gasteiger partial charge >= 0.3 is 0 Å². The molecule has 0 N–H and O–H groups in total. The van der Waals surface area contributed by atoms with Gasteiger partial charge in [-0.1, -0.05) is 257 Å². The standard InChI is InChI=1S/C67H52/c1-66(2)61-36-19-17-34-57(61)58-41-39-51(45-63(58)66)55(56-33-16-15-32-54(56)48-24-9-4-10-25-48)40-38-46-42-60(49-26-11-5-12-27-49)65-59-35-18-20-37-62(59)67(64(65)43-46,52-29-13-6-14-30-52)53-31-21-28-50(44-53)47-22-7-3-8-23-47/h3-37,39,41-45,55H,38,40H2,1-2H3. The van der Waals surface area contributed by atoms with Crippen molar-refractivity contribution in [1.29, 1.82) is 0 Å². The fourth-order valence-electron chi connectivity index (χ4n) is 11.9. The summed E-state index contributed by atoms with van der Waals surface area (Å²) in [5.41, 5.74) is 24.4. The van der Waals surface area contributed by atoms with Gasteiger partial charge in [0.25, 0.3) is 0 Å². The first kappa shape index (κ1) is 40.7. The summed E-state index contributed by atoms with van der Waals surface area (Å²) in [6, 6.07) is 93.4. The SMILES string of the molecule is CC1(C)c2ccccc2-c2ccc(C(CCc3cc(-c4ccccc4)c4c(c3)C(c3ccccc3)(c3cccc(-c5ccccc5)c3)c3ccccc3-4)c3ccccc3-c3ccccc3)cc21. The number of fused-ring (bicyclic) bond motifs is 6. The van der Waals surface area contributed by atoms with E-state index < -0.39 is 5.41 Å². The van der Waals surface area contributed by atoms with Gasteiger partial charge in [-0.15, -0.1) is 0 Å². The topological polar surface area (TPSA) is 0 Å². The maximum absolute atomic E-state index is 2.59. The van der Waals surface area contributed by atoms with Gasteiger partial charge in [0.2, 0.25) is 0 Å². The molecule has 0 bridgehead atoms. The molecule has 320 valence electrons. The Morgan fingerprint density at radius 1 is 0.343 bits per heavy atom. The molecule has 10 aromatic rings. The molecule has 0 heteroatoms. The Kier molecular flexibility index (Phi) is 10.1. The van der Waals surface area contributed by atoms with E-state index in [4.69, 9.17) is 0 Å². The molecule has 2 atom stereocenters. The molecule has 12 rings (SSSR count). The van der Waals surface area contributed by atoms with Crippen LogP contribution in [-0.2, 0) is 17.3 Å². The van der Waals surface area contributed by atoms with Crippen molar-refractivity contribution < 1.29 is 0 Å². The third-order valence-corrected chi connectivity index (χ3v) is 15.0. The number of hydrogen-bond acceptors (Lipinski definition) is 0. The number of benzene rings is 10. The molecule has 0 fully saturated rings. The van der Waals surface area contributed by atoms with Crippen molar-refractivity contribution in [3.05, 3.63) is 299 Å². The van der Waals surface area contributed by atoms with Crippen molar-refractivity contribution in [1.82, 2.24) is 0 Å². The molecule has 2 unspecified atom stereocenters. The van der Waals surface area contributed by atoms with Gasteiger partial charge in [0.15, 0.2) is 0 Å². The van der Waals surface area contributed by atoms with E-state index in [1.54, 1.807) is 0 Å². The van der Waals surface area contributed by atoms with Gasteiger partial charge in [-0.2, -0.15) is 0 Å². The zero-order valence-electron chi connectivity index (χ0n) is 38.2. The van der Waals surface area contributed by atoms with E-state index in [-0.39, 0.29) is 11.3 Å². The zero-order valence-corrected chi connectivity index (χ0v) is 38.2. The van der Waals surface area contributed by atoms with Crippen LogP contribution < -0.4 is 0 Å². The van der Waals surface area contributed by atoms with Gasteiger partial charge in [-0.25, -0.2) is 0 Å². The van der Waals surface area contributed by atoms with E-state index in [1.807, 2.05) is 0 Å². The van der Waals surface area contributed by atoms with E-state index in [0.29, 0.717) is 0 Å². The van der Waals surface area contributed by atoms with Gasteiger partial charge in [-0.3, -0.25) is 0 Å².